The van der Waals surface area contributed by atoms with Crippen LogP contribution in [0.3, 0.4) is 0 Å². The van der Waals surface area contributed by atoms with Crippen molar-refractivity contribution >= 4 is 17.9 Å². The summed E-state index contributed by atoms with van der Waals surface area (Å²) >= 11 is 0. The highest BCUT2D eigenvalue weighted by Gasteiger charge is 2.46. The first-order valence-electron chi connectivity index (χ1n) is 9.97. The first-order valence-corrected chi connectivity index (χ1v) is 9.97. The molecule has 0 saturated carbocycles. The number of aliphatic hydroxyl groups excluding tert-OH is 2. The second-order valence-electron chi connectivity index (χ2n) is 7.64. The molecule has 0 aromatic heterocycles. The summed E-state index contributed by atoms with van der Waals surface area (Å²) in [5.74, 6) is -2.95. The molecule has 0 bridgehead atoms. The Balaban J connectivity index is 2.50. The Kier molecular flexibility index (Phi) is 8.90. The first kappa shape index (κ1) is 25.5. The maximum Gasteiger partial charge on any atom is 0.336 e. The van der Waals surface area contributed by atoms with E-state index in [2.05, 4.69) is 18.0 Å². The zero-order valence-corrected chi connectivity index (χ0v) is 18.0. The maximum absolute atomic E-state index is 12.6. The van der Waals surface area contributed by atoms with Crippen LogP contribution in [-0.4, -0.2) is 71.0 Å². The van der Waals surface area contributed by atoms with Crippen LogP contribution in [0, 0.1) is 5.92 Å². The fourth-order valence-electron chi connectivity index (χ4n) is 3.72. The minimum atomic E-state index is -1.01. The van der Waals surface area contributed by atoms with Crippen LogP contribution in [0.15, 0.2) is 47.6 Å². The molecule has 10 nitrogen and oxygen atoms in total. The smallest absolute Gasteiger partial charge is 0.336 e. The predicted octanol–water partition coefficient (Wildman–Crippen LogP) is 0.993. The summed E-state index contributed by atoms with van der Waals surface area (Å²) in [7, 11) is 0. The summed E-state index contributed by atoms with van der Waals surface area (Å²) in [6.45, 7) is 9.42. The van der Waals surface area contributed by atoms with E-state index in [0.717, 1.165) is 6.08 Å². The first-order chi connectivity index (χ1) is 15.1. The highest BCUT2D eigenvalue weighted by Crippen LogP contribution is 2.38. The van der Waals surface area contributed by atoms with E-state index < -0.39 is 61.5 Å². The Morgan fingerprint density at radius 3 is 2.50 bits per heavy atom. The van der Waals surface area contributed by atoms with E-state index >= 15 is 0 Å². The molecule has 1 saturated heterocycles. The van der Waals surface area contributed by atoms with Crippen molar-refractivity contribution in [3.8, 4) is 0 Å². The zero-order valence-electron chi connectivity index (χ0n) is 18.0. The quantitative estimate of drug-likeness (QED) is 0.133. The Hall–Kier alpha value is -2.79. The average Bonchev–Trinajstić information content (AvgIpc) is 3.00. The van der Waals surface area contributed by atoms with Crippen LogP contribution in [-0.2, 0) is 33.5 Å². The summed E-state index contributed by atoms with van der Waals surface area (Å²) in [4.78, 5) is 40.9. The summed E-state index contributed by atoms with van der Waals surface area (Å²) in [6.07, 6.45) is -0.993. The Labute approximate surface area is 185 Å². The summed E-state index contributed by atoms with van der Waals surface area (Å²) in [5.41, 5.74) is 0.724. The van der Waals surface area contributed by atoms with Gasteiger partial charge in [0.25, 0.3) is 0 Å². The predicted molar refractivity (Wildman–Crippen MR) is 110 cm³/mol. The van der Waals surface area contributed by atoms with Crippen LogP contribution >= 0.6 is 0 Å². The number of carbonyl (C=O) groups excluding carboxylic acids is 3. The minimum Gasteiger partial charge on any atom is -0.458 e. The molecule has 0 amide bonds. The molecule has 10 heteroatoms. The van der Waals surface area contributed by atoms with E-state index in [1.54, 1.807) is 13.0 Å². The molecular formula is C22H28O10. The summed E-state index contributed by atoms with van der Waals surface area (Å²) < 4.78 is 16.3. The Morgan fingerprint density at radius 2 is 1.94 bits per heavy atom. The van der Waals surface area contributed by atoms with Gasteiger partial charge in [-0.25, -0.2) is 14.5 Å². The van der Waals surface area contributed by atoms with Gasteiger partial charge in [-0.1, -0.05) is 13.2 Å². The van der Waals surface area contributed by atoms with Crippen LogP contribution in [0.2, 0.25) is 0 Å². The van der Waals surface area contributed by atoms with Gasteiger partial charge in [0, 0.05) is 25.3 Å². The third-order valence-corrected chi connectivity index (χ3v) is 5.41. The molecule has 3 N–H and O–H groups in total. The minimum absolute atomic E-state index is 0.0243. The molecule has 1 aliphatic carbocycles. The summed E-state index contributed by atoms with van der Waals surface area (Å²) in [6, 6.07) is 0. The van der Waals surface area contributed by atoms with Gasteiger partial charge in [0.1, 0.15) is 24.4 Å². The molecule has 2 unspecified atom stereocenters. The van der Waals surface area contributed by atoms with Gasteiger partial charge in [0.05, 0.1) is 24.7 Å². The largest absolute Gasteiger partial charge is 0.458 e. The number of fused-ring (bicyclic) bond motifs is 1. The highest BCUT2D eigenvalue weighted by molar-refractivity contribution is 5.92. The molecule has 0 aromatic rings. The normalized spacial score (nSPS) is 30.7. The molecule has 2 rings (SSSR count). The van der Waals surface area contributed by atoms with Gasteiger partial charge >= 0.3 is 17.9 Å². The van der Waals surface area contributed by atoms with Crippen LogP contribution < -0.4 is 0 Å². The van der Waals surface area contributed by atoms with Crippen LogP contribution in [0.25, 0.3) is 0 Å². The summed E-state index contributed by atoms with van der Waals surface area (Å²) in [5, 5.41) is 27.9. The molecule has 5 atom stereocenters. The number of rotatable bonds is 6. The van der Waals surface area contributed by atoms with Gasteiger partial charge in [-0.15, -0.1) is 0 Å². The SMILES string of the molecule is C=C1C(=O)O[C@@H]2/C=C(/C)C(OC(C)=O)C[C@@H](OO)C(=C)CC(OC(=O)/C(=C\CO)CO)[C@@H]12. The van der Waals surface area contributed by atoms with Gasteiger partial charge in [0.2, 0.25) is 0 Å². The van der Waals surface area contributed by atoms with Gasteiger partial charge in [-0.2, -0.15) is 0 Å². The third-order valence-electron chi connectivity index (χ3n) is 5.41. The molecule has 32 heavy (non-hydrogen) atoms. The van der Waals surface area contributed by atoms with Crippen molar-refractivity contribution in [2.24, 2.45) is 5.92 Å². The van der Waals surface area contributed by atoms with Crippen LogP contribution in [0.5, 0.6) is 0 Å². The van der Waals surface area contributed by atoms with Gasteiger partial charge in [-0.3, -0.25) is 10.1 Å². The second kappa shape index (κ2) is 11.2. The number of aliphatic hydroxyl groups is 2. The molecular weight excluding hydrogens is 424 g/mol. The molecule has 0 spiro atoms. The number of hydrogen-bond acceptors (Lipinski definition) is 10. The Morgan fingerprint density at radius 1 is 1.25 bits per heavy atom. The lowest BCUT2D eigenvalue weighted by molar-refractivity contribution is -0.273. The molecule has 2 aliphatic rings. The van der Waals surface area contributed by atoms with Crippen molar-refractivity contribution in [1.82, 2.24) is 0 Å². The zero-order chi connectivity index (χ0) is 24.0. The van der Waals surface area contributed by atoms with E-state index in [-0.39, 0.29) is 24.0 Å². The number of esters is 3. The molecule has 176 valence electrons. The van der Waals surface area contributed by atoms with Gasteiger partial charge in [0.15, 0.2) is 0 Å². The van der Waals surface area contributed by atoms with Crippen LogP contribution in [0.1, 0.15) is 26.7 Å². The maximum atomic E-state index is 12.6. The number of hydrogen-bond donors (Lipinski definition) is 3. The van der Waals surface area contributed by atoms with E-state index in [4.69, 9.17) is 19.3 Å². The van der Waals surface area contributed by atoms with Crippen molar-refractivity contribution in [1.29, 1.82) is 0 Å². The fourth-order valence-corrected chi connectivity index (χ4v) is 3.72. The van der Waals surface area contributed by atoms with Crippen molar-refractivity contribution in [3.05, 3.63) is 47.6 Å². The average molecular weight is 452 g/mol. The lowest BCUT2D eigenvalue weighted by Gasteiger charge is -2.31. The van der Waals surface area contributed by atoms with E-state index in [1.807, 2.05) is 0 Å². The van der Waals surface area contributed by atoms with Crippen molar-refractivity contribution in [2.75, 3.05) is 13.2 Å². The molecule has 1 heterocycles. The van der Waals surface area contributed by atoms with Gasteiger partial charge in [-0.05, 0) is 30.2 Å². The van der Waals surface area contributed by atoms with Crippen LogP contribution in [0.4, 0.5) is 0 Å². The van der Waals surface area contributed by atoms with Crippen molar-refractivity contribution in [2.45, 2.75) is 51.1 Å². The van der Waals surface area contributed by atoms with E-state index in [9.17, 15) is 24.7 Å². The highest BCUT2D eigenvalue weighted by atomic mass is 17.1. The monoisotopic (exact) mass is 452 g/mol. The van der Waals surface area contributed by atoms with E-state index in [0.29, 0.717) is 11.1 Å². The topological polar surface area (TPSA) is 149 Å². The fraction of sp³-hybridized carbons (Fsp3) is 0.500. The molecule has 0 radical (unpaired) electrons. The number of ether oxygens (including phenoxy) is 3. The van der Waals surface area contributed by atoms with Crippen molar-refractivity contribution < 1.29 is 49.0 Å². The Bertz CT molecular complexity index is 840. The van der Waals surface area contributed by atoms with Gasteiger partial charge < -0.3 is 24.4 Å². The molecule has 1 fully saturated rings. The lowest BCUT2D eigenvalue weighted by atomic mass is 9.83. The standard InChI is InChI=1S/C22H28O10/c1-11-7-18-20(13(3)21(26)30-18)19(31-22(27)15(10-24)5-6-23)8-12(2)17(32-28)9-16(11)29-14(4)25/h5,7,16-20,23-24,28H,2-3,6,8-10H2,1,4H3/b11-7-,15-5-/t16?,17-,18-,19?,20+/m1/s1. The van der Waals surface area contributed by atoms with Crippen molar-refractivity contribution in [3.63, 3.8) is 0 Å². The molecule has 1 aliphatic heterocycles. The van der Waals surface area contributed by atoms with E-state index in [1.165, 1.54) is 6.92 Å². The lowest BCUT2D eigenvalue weighted by Crippen LogP contribution is -2.37. The molecule has 0 aromatic carbocycles. The second-order valence-corrected chi connectivity index (χ2v) is 7.64. The third kappa shape index (κ3) is 5.92. The number of carbonyl (C=O) groups is 3.